The Morgan fingerprint density at radius 2 is 1.71 bits per heavy atom. The summed E-state index contributed by atoms with van der Waals surface area (Å²) in [6, 6.07) is 4.07. The van der Waals surface area contributed by atoms with E-state index in [-0.39, 0.29) is 11.5 Å². The zero-order valence-electron chi connectivity index (χ0n) is 12.8. The Balaban J connectivity index is 2.52. The van der Waals surface area contributed by atoms with E-state index < -0.39 is 4.92 Å². The summed E-state index contributed by atoms with van der Waals surface area (Å²) in [5.41, 5.74) is 4.49. The van der Waals surface area contributed by atoms with Gasteiger partial charge in [-0.1, -0.05) is 12.0 Å². The Bertz CT molecular complexity index is 792. The summed E-state index contributed by atoms with van der Waals surface area (Å²) in [4.78, 5) is 14.8. The number of benzene rings is 1. The number of imidazole rings is 1. The van der Waals surface area contributed by atoms with Crippen LogP contribution in [0.4, 0.5) is 5.82 Å². The van der Waals surface area contributed by atoms with Crippen LogP contribution in [0.3, 0.4) is 0 Å². The molecule has 21 heavy (non-hydrogen) atoms. The predicted molar refractivity (Wildman–Crippen MR) is 81.2 cm³/mol. The molecular formula is C16H17N3O2. The molecule has 2 rings (SSSR count). The maximum absolute atomic E-state index is 11.1. The zero-order chi connectivity index (χ0) is 15.7. The van der Waals surface area contributed by atoms with Crippen LogP contribution in [0.15, 0.2) is 12.1 Å². The van der Waals surface area contributed by atoms with Crippen molar-refractivity contribution in [2.45, 2.75) is 27.7 Å². The van der Waals surface area contributed by atoms with Crippen molar-refractivity contribution in [1.82, 2.24) is 9.55 Å². The lowest BCUT2D eigenvalue weighted by Gasteiger charge is -2.03. The zero-order valence-corrected chi connectivity index (χ0v) is 12.8. The van der Waals surface area contributed by atoms with E-state index in [1.54, 1.807) is 14.0 Å². The first-order valence-electron chi connectivity index (χ1n) is 6.59. The molecule has 0 saturated heterocycles. The van der Waals surface area contributed by atoms with Gasteiger partial charge in [-0.25, -0.2) is 4.57 Å². The second kappa shape index (κ2) is 5.41. The number of rotatable bonds is 1. The van der Waals surface area contributed by atoms with Gasteiger partial charge in [0, 0.05) is 12.5 Å². The molecule has 5 heteroatoms. The molecule has 108 valence electrons. The molecule has 1 heterocycles. The molecule has 0 saturated carbocycles. The number of hydrogen-bond donors (Lipinski definition) is 0. The maximum atomic E-state index is 11.1. The normalized spacial score (nSPS) is 10.1. The van der Waals surface area contributed by atoms with Gasteiger partial charge in [0.2, 0.25) is 5.69 Å². The van der Waals surface area contributed by atoms with Crippen molar-refractivity contribution in [2.24, 2.45) is 7.05 Å². The van der Waals surface area contributed by atoms with Crippen LogP contribution in [0.5, 0.6) is 0 Å². The largest absolute Gasteiger partial charge is 0.358 e. The topological polar surface area (TPSA) is 61.0 Å². The lowest BCUT2D eigenvalue weighted by molar-refractivity contribution is -0.392. The summed E-state index contributed by atoms with van der Waals surface area (Å²) < 4.78 is 1.44. The highest BCUT2D eigenvalue weighted by molar-refractivity contribution is 5.51. The fourth-order valence-corrected chi connectivity index (χ4v) is 2.11. The molecule has 0 aliphatic heterocycles. The van der Waals surface area contributed by atoms with Crippen LogP contribution < -0.4 is 0 Å². The standard InChI is InChI=1S/C16H17N3O2/c1-10-8-12(3)14(9-11(10)2)6-7-15-16(19(20)21)18(5)13(4)17-15/h8-9H,1-5H3. The molecule has 1 aromatic carbocycles. The summed E-state index contributed by atoms with van der Waals surface area (Å²) >= 11 is 0. The van der Waals surface area contributed by atoms with Crippen molar-refractivity contribution in [3.63, 3.8) is 0 Å². The molecule has 0 spiro atoms. The Labute approximate surface area is 123 Å². The first kappa shape index (κ1) is 14.8. The quantitative estimate of drug-likeness (QED) is 0.459. The number of hydrogen-bond acceptors (Lipinski definition) is 3. The minimum Gasteiger partial charge on any atom is -0.358 e. The SMILES string of the molecule is Cc1cc(C)c(C#Cc2nc(C)n(C)c2[N+](=O)[O-])cc1C. The summed E-state index contributed by atoms with van der Waals surface area (Å²) in [6.45, 7) is 7.77. The number of nitro groups is 1. The molecule has 0 atom stereocenters. The second-order valence-electron chi connectivity index (χ2n) is 5.15. The Morgan fingerprint density at radius 3 is 2.33 bits per heavy atom. The van der Waals surface area contributed by atoms with Crippen molar-refractivity contribution in [3.05, 3.63) is 56.0 Å². The van der Waals surface area contributed by atoms with E-state index in [1.807, 2.05) is 26.8 Å². The van der Waals surface area contributed by atoms with Crippen LogP contribution >= 0.6 is 0 Å². The number of aromatic nitrogens is 2. The van der Waals surface area contributed by atoms with Gasteiger partial charge in [-0.3, -0.25) is 0 Å². The first-order valence-corrected chi connectivity index (χ1v) is 6.59. The van der Waals surface area contributed by atoms with E-state index in [1.165, 1.54) is 10.1 Å². The van der Waals surface area contributed by atoms with Gasteiger partial charge >= 0.3 is 5.82 Å². The monoisotopic (exact) mass is 283 g/mol. The first-order chi connectivity index (χ1) is 9.81. The van der Waals surface area contributed by atoms with Crippen LogP contribution in [0, 0.1) is 49.7 Å². The Hall–Kier alpha value is -2.61. The molecule has 0 amide bonds. The molecule has 2 aromatic rings. The highest BCUT2D eigenvalue weighted by atomic mass is 16.6. The smallest absolute Gasteiger partial charge is 0.358 e. The summed E-state index contributed by atoms with van der Waals surface area (Å²) in [5, 5.41) is 11.1. The average Bonchev–Trinajstić information content (AvgIpc) is 2.68. The summed E-state index contributed by atoms with van der Waals surface area (Å²) in [5.74, 6) is 6.34. The van der Waals surface area contributed by atoms with Gasteiger partial charge in [-0.05, 0) is 54.4 Å². The fourth-order valence-electron chi connectivity index (χ4n) is 2.11. The van der Waals surface area contributed by atoms with Crippen molar-refractivity contribution in [1.29, 1.82) is 0 Å². The molecule has 0 unspecified atom stereocenters. The Morgan fingerprint density at radius 1 is 1.10 bits per heavy atom. The minimum absolute atomic E-state index is 0.0681. The molecular weight excluding hydrogens is 266 g/mol. The van der Waals surface area contributed by atoms with Crippen LogP contribution in [-0.2, 0) is 7.05 Å². The summed E-state index contributed by atoms with van der Waals surface area (Å²) in [6.07, 6.45) is 0. The van der Waals surface area contributed by atoms with Crippen molar-refractivity contribution >= 4 is 5.82 Å². The van der Waals surface area contributed by atoms with Gasteiger partial charge in [-0.2, -0.15) is 4.98 Å². The Kier molecular flexibility index (Phi) is 3.81. The van der Waals surface area contributed by atoms with Gasteiger partial charge in [-0.15, -0.1) is 0 Å². The van der Waals surface area contributed by atoms with Crippen molar-refractivity contribution in [3.8, 4) is 11.8 Å². The lowest BCUT2D eigenvalue weighted by Crippen LogP contribution is -1.99. The van der Waals surface area contributed by atoms with E-state index >= 15 is 0 Å². The van der Waals surface area contributed by atoms with Gasteiger partial charge < -0.3 is 10.1 Å². The maximum Gasteiger partial charge on any atom is 0.358 e. The fraction of sp³-hybridized carbons (Fsp3) is 0.312. The highest BCUT2D eigenvalue weighted by Gasteiger charge is 2.20. The van der Waals surface area contributed by atoms with Crippen LogP contribution in [0.25, 0.3) is 0 Å². The van der Waals surface area contributed by atoms with Crippen molar-refractivity contribution < 1.29 is 4.92 Å². The predicted octanol–water partition coefficient (Wildman–Crippen LogP) is 2.96. The van der Waals surface area contributed by atoms with E-state index in [0.717, 1.165) is 16.7 Å². The molecule has 0 radical (unpaired) electrons. The highest BCUT2D eigenvalue weighted by Crippen LogP contribution is 2.19. The van der Waals surface area contributed by atoms with Crippen LogP contribution in [-0.4, -0.2) is 14.5 Å². The third-order valence-corrected chi connectivity index (χ3v) is 3.62. The van der Waals surface area contributed by atoms with Gasteiger partial charge in [0.15, 0.2) is 5.82 Å². The van der Waals surface area contributed by atoms with Crippen molar-refractivity contribution in [2.75, 3.05) is 0 Å². The summed E-state index contributed by atoms with van der Waals surface area (Å²) in [7, 11) is 1.62. The van der Waals surface area contributed by atoms with Crippen LogP contribution in [0.2, 0.25) is 0 Å². The van der Waals surface area contributed by atoms with E-state index in [4.69, 9.17) is 0 Å². The molecule has 0 aliphatic rings. The van der Waals surface area contributed by atoms with Crippen LogP contribution in [0.1, 0.15) is 33.8 Å². The molecule has 1 aromatic heterocycles. The molecule has 0 bridgehead atoms. The molecule has 0 fully saturated rings. The van der Waals surface area contributed by atoms with E-state index in [9.17, 15) is 10.1 Å². The van der Waals surface area contributed by atoms with E-state index in [0.29, 0.717) is 5.82 Å². The van der Waals surface area contributed by atoms with Gasteiger partial charge in [0.05, 0.1) is 7.05 Å². The molecule has 0 aliphatic carbocycles. The van der Waals surface area contributed by atoms with Gasteiger partial charge in [0.1, 0.15) is 0 Å². The third-order valence-electron chi connectivity index (χ3n) is 3.62. The van der Waals surface area contributed by atoms with E-state index in [2.05, 4.69) is 22.9 Å². The second-order valence-corrected chi connectivity index (χ2v) is 5.15. The molecule has 0 N–H and O–H groups in total. The lowest BCUT2D eigenvalue weighted by atomic mass is 10.0. The molecule has 5 nitrogen and oxygen atoms in total. The van der Waals surface area contributed by atoms with Gasteiger partial charge in [0.25, 0.3) is 0 Å². The third kappa shape index (κ3) is 2.79. The minimum atomic E-state index is -0.447. The average molecular weight is 283 g/mol. The number of nitrogens with zero attached hydrogens (tertiary/aromatic N) is 3. The number of aryl methyl sites for hydroxylation is 4.